The van der Waals surface area contributed by atoms with Crippen molar-refractivity contribution in [3.63, 3.8) is 0 Å². The number of benzene rings is 1. The number of rotatable bonds is 5. The van der Waals surface area contributed by atoms with Crippen LogP contribution in [-0.2, 0) is 4.74 Å². The van der Waals surface area contributed by atoms with Crippen LogP contribution in [0.5, 0.6) is 0 Å². The van der Waals surface area contributed by atoms with Crippen molar-refractivity contribution in [1.29, 1.82) is 0 Å². The maximum absolute atomic E-state index is 12.6. The topological polar surface area (TPSA) is 46.6 Å². The molecular formula is C21H29NO3. The van der Waals surface area contributed by atoms with Gasteiger partial charge < -0.3 is 4.74 Å². The molecule has 1 saturated heterocycles. The smallest absolute Gasteiger partial charge is 0.261 e. The summed E-state index contributed by atoms with van der Waals surface area (Å²) in [5.41, 5.74) is 1.01. The molecule has 0 aromatic heterocycles. The van der Waals surface area contributed by atoms with E-state index in [0.29, 0.717) is 35.4 Å². The first-order valence-corrected chi connectivity index (χ1v) is 9.39. The Kier molecular flexibility index (Phi) is 5.01. The number of fused-ring (bicyclic) bond motifs is 1. The predicted molar refractivity (Wildman–Crippen MR) is 97.5 cm³/mol. The Morgan fingerprint density at radius 1 is 1.16 bits per heavy atom. The van der Waals surface area contributed by atoms with Crippen LogP contribution in [0.2, 0.25) is 0 Å². The van der Waals surface area contributed by atoms with E-state index in [1.54, 1.807) is 12.1 Å². The normalized spacial score (nSPS) is 23.9. The fourth-order valence-electron chi connectivity index (χ4n) is 4.48. The van der Waals surface area contributed by atoms with Gasteiger partial charge in [-0.25, -0.2) is 0 Å². The van der Waals surface area contributed by atoms with Crippen LogP contribution in [0.25, 0.3) is 0 Å². The van der Waals surface area contributed by atoms with Gasteiger partial charge in [0.1, 0.15) is 0 Å². The molecule has 1 fully saturated rings. The molecule has 0 radical (unpaired) electrons. The molecule has 4 nitrogen and oxygen atoms in total. The third kappa shape index (κ3) is 3.64. The summed E-state index contributed by atoms with van der Waals surface area (Å²) in [6, 6.07) is 7.12. The lowest BCUT2D eigenvalue weighted by atomic mass is 9.73. The van der Waals surface area contributed by atoms with Gasteiger partial charge in [0.15, 0.2) is 0 Å². The van der Waals surface area contributed by atoms with E-state index in [0.717, 1.165) is 25.9 Å². The molecule has 0 bridgehead atoms. The van der Waals surface area contributed by atoms with Crippen molar-refractivity contribution in [3.8, 4) is 0 Å². The number of hydrogen-bond donors (Lipinski definition) is 0. The maximum Gasteiger partial charge on any atom is 0.261 e. The third-order valence-corrected chi connectivity index (χ3v) is 5.76. The van der Waals surface area contributed by atoms with E-state index in [1.807, 2.05) is 12.1 Å². The lowest BCUT2D eigenvalue weighted by Crippen LogP contribution is -2.39. The summed E-state index contributed by atoms with van der Waals surface area (Å²) in [6.07, 6.45) is 2.97. The summed E-state index contributed by atoms with van der Waals surface area (Å²) in [5.74, 6) is 1.31. The zero-order chi connectivity index (χ0) is 18.2. The van der Waals surface area contributed by atoms with E-state index in [9.17, 15) is 9.59 Å². The molecule has 3 rings (SSSR count). The number of imide groups is 1. The highest BCUT2D eigenvalue weighted by atomic mass is 16.5. The molecule has 0 aliphatic carbocycles. The monoisotopic (exact) mass is 343 g/mol. The van der Waals surface area contributed by atoms with E-state index < -0.39 is 0 Å². The lowest BCUT2D eigenvalue weighted by Gasteiger charge is -2.41. The average molecular weight is 343 g/mol. The predicted octanol–water partition coefficient (Wildman–Crippen LogP) is 4.15. The molecule has 0 saturated carbocycles. The lowest BCUT2D eigenvalue weighted by molar-refractivity contribution is -0.0871. The standard InChI is InChI=1S/C21H29NO3/c1-14(2)16(15-10-12-25-21(3,4)13-15)9-11-22-19(23)17-7-5-6-8-18(17)20(22)24/h5-8,14-16H,9-13H2,1-4H3/t15-,16+/m0/s1. The van der Waals surface area contributed by atoms with E-state index in [4.69, 9.17) is 4.74 Å². The largest absolute Gasteiger partial charge is 0.376 e. The Balaban J connectivity index is 1.69. The Labute approximate surface area is 150 Å². The highest BCUT2D eigenvalue weighted by Crippen LogP contribution is 2.38. The summed E-state index contributed by atoms with van der Waals surface area (Å²) in [4.78, 5) is 26.5. The van der Waals surface area contributed by atoms with Crippen LogP contribution in [0, 0.1) is 17.8 Å². The quantitative estimate of drug-likeness (QED) is 0.755. The minimum atomic E-state index is -0.143. The van der Waals surface area contributed by atoms with Gasteiger partial charge in [-0.05, 0) is 63.0 Å². The summed E-state index contributed by atoms with van der Waals surface area (Å²) in [5, 5.41) is 0. The van der Waals surface area contributed by atoms with Crippen molar-refractivity contribution in [3.05, 3.63) is 35.4 Å². The molecule has 1 aromatic carbocycles. The SMILES string of the molecule is CC(C)[C@@H](CCN1C(=O)c2ccccc2C1=O)[C@H]1CCOC(C)(C)C1. The van der Waals surface area contributed by atoms with Gasteiger partial charge in [-0.2, -0.15) is 0 Å². The molecule has 2 atom stereocenters. The summed E-state index contributed by atoms with van der Waals surface area (Å²) < 4.78 is 5.86. The van der Waals surface area contributed by atoms with Crippen molar-refractivity contribution in [2.24, 2.45) is 17.8 Å². The summed E-state index contributed by atoms with van der Waals surface area (Å²) in [7, 11) is 0. The molecule has 25 heavy (non-hydrogen) atoms. The molecule has 2 aliphatic rings. The first-order chi connectivity index (χ1) is 11.8. The van der Waals surface area contributed by atoms with Crippen molar-refractivity contribution >= 4 is 11.8 Å². The average Bonchev–Trinajstić information content (AvgIpc) is 2.79. The van der Waals surface area contributed by atoms with E-state index >= 15 is 0 Å². The molecule has 1 aromatic rings. The third-order valence-electron chi connectivity index (χ3n) is 5.76. The second kappa shape index (κ2) is 6.91. The van der Waals surface area contributed by atoms with Gasteiger partial charge in [0.25, 0.3) is 11.8 Å². The fraction of sp³-hybridized carbons (Fsp3) is 0.619. The fourth-order valence-corrected chi connectivity index (χ4v) is 4.48. The summed E-state index contributed by atoms with van der Waals surface area (Å²) >= 11 is 0. The van der Waals surface area contributed by atoms with Gasteiger partial charge in [-0.3, -0.25) is 14.5 Å². The number of hydrogen-bond acceptors (Lipinski definition) is 3. The molecule has 0 unspecified atom stereocenters. The van der Waals surface area contributed by atoms with Crippen molar-refractivity contribution < 1.29 is 14.3 Å². The highest BCUT2D eigenvalue weighted by molar-refractivity contribution is 6.21. The van der Waals surface area contributed by atoms with E-state index in [-0.39, 0.29) is 17.4 Å². The molecule has 0 N–H and O–H groups in total. The first-order valence-electron chi connectivity index (χ1n) is 9.39. The molecule has 136 valence electrons. The maximum atomic E-state index is 12.6. The van der Waals surface area contributed by atoms with Crippen molar-refractivity contribution in [2.45, 2.75) is 52.6 Å². The van der Waals surface area contributed by atoms with Crippen LogP contribution in [0.1, 0.15) is 67.7 Å². The van der Waals surface area contributed by atoms with Gasteiger partial charge >= 0.3 is 0 Å². The minimum absolute atomic E-state index is 0.0778. The molecule has 2 amide bonds. The first kappa shape index (κ1) is 18.1. The number of ether oxygens (including phenoxy) is 1. The molecule has 4 heteroatoms. The summed E-state index contributed by atoms with van der Waals surface area (Å²) in [6.45, 7) is 10.1. The second-order valence-electron chi connectivity index (χ2n) is 8.37. The second-order valence-corrected chi connectivity index (χ2v) is 8.37. The van der Waals surface area contributed by atoms with Crippen LogP contribution in [0.3, 0.4) is 0 Å². The van der Waals surface area contributed by atoms with Gasteiger partial charge in [-0.15, -0.1) is 0 Å². The molecular weight excluding hydrogens is 314 g/mol. The van der Waals surface area contributed by atoms with E-state index in [1.165, 1.54) is 4.90 Å². The van der Waals surface area contributed by atoms with Crippen LogP contribution >= 0.6 is 0 Å². The number of nitrogens with zero attached hydrogens (tertiary/aromatic N) is 1. The number of carbonyl (C=O) groups is 2. The molecule has 2 heterocycles. The van der Waals surface area contributed by atoms with Gasteiger partial charge in [0, 0.05) is 13.2 Å². The number of carbonyl (C=O) groups excluding carboxylic acids is 2. The van der Waals surface area contributed by atoms with Crippen LogP contribution in [0.15, 0.2) is 24.3 Å². The zero-order valence-corrected chi connectivity index (χ0v) is 15.7. The highest BCUT2D eigenvalue weighted by Gasteiger charge is 2.38. The Morgan fingerprint density at radius 2 is 1.76 bits per heavy atom. The van der Waals surface area contributed by atoms with Crippen LogP contribution < -0.4 is 0 Å². The Morgan fingerprint density at radius 3 is 2.28 bits per heavy atom. The van der Waals surface area contributed by atoms with Crippen LogP contribution in [-0.4, -0.2) is 35.5 Å². The van der Waals surface area contributed by atoms with Crippen molar-refractivity contribution in [1.82, 2.24) is 4.90 Å². The molecule has 0 spiro atoms. The Hall–Kier alpha value is -1.68. The number of amides is 2. The van der Waals surface area contributed by atoms with Gasteiger partial charge in [0.05, 0.1) is 16.7 Å². The van der Waals surface area contributed by atoms with Gasteiger partial charge in [0.2, 0.25) is 0 Å². The Bertz CT molecular complexity index is 630. The minimum Gasteiger partial charge on any atom is -0.376 e. The molecule has 2 aliphatic heterocycles. The zero-order valence-electron chi connectivity index (χ0n) is 15.7. The van der Waals surface area contributed by atoms with Gasteiger partial charge in [-0.1, -0.05) is 26.0 Å². The van der Waals surface area contributed by atoms with Crippen LogP contribution in [0.4, 0.5) is 0 Å². The van der Waals surface area contributed by atoms with E-state index in [2.05, 4.69) is 27.7 Å². The van der Waals surface area contributed by atoms with Crippen molar-refractivity contribution in [2.75, 3.05) is 13.2 Å².